The topological polar surface area (TPSA) is 87.5 Å². The molecular weight excluding hydrogens is 184 g/mol. The van der Waals surface area contributed by atoms with Crippen molar-refractivity contribution < 1.29 is 9.59 Å². The van der Waals surface area contributed by atoms with Crippen LogP contribution in [-0.2, 0) is 4.79 Å². The predicted molar refractivity (Wildman–Crippen MR) is 53.8 cm³/mol. The van der Waals surface area contributed by atoms with Gasteiger partial charge >= 0.3 is 6.03 Å². The van der Waals surface area contributed by atoms with Crippen LogP contribution in [-0.4, -0.2) is 50.6 Å². The van der Waals surface area contributed by atoms with Crippen molar-refractivity contribution in [3.8, 4) is 0 Å². The molecule has 0 aromatic carbocycles. The molecule has 6 nitrogen and oxygen atoms in total. The fourth-order valence-electron chi connectivity index (χ4n) is 0.914. The molecule has 0 aromatic heterocycles. The zero-order valence-corrected chi connectivity index (χ0v) is 8.67. The van der Waals surface area contributed by atoms with Crippen molar-refractivity contribution in [1.82, 2.24) is 15.5 Å². The van der Waals surface area contributed by atoms with Gasteiger partial charge in [-0.2, -0.15) is 0 Å². The van der Waals surface area contributed by atoms with Gasteiger partial charge in [-0.05, 0) is 26.6 Å². The van der Waals surface area contributed by atoms with Gasteiger partial charge in [-0.15, -0.1) is 0 Å². The van der Waals surface area contributed by atoms with Gasteiger partial charge in [0.25, 0.3) is 0 Å². The quantitative estimate of drug-likeness (QED) is 0.518. The summed E-state index contributed by atoms with van der Waals surface area (Å²) in [6.07, 6.45) is 0.837. The molecule has 0 aromatic rings. The van der Waals surface area contributed by atoms with Gasteiger partial charge in [0.1, 0.15) is 0 Å². The van der Waals surface area contributed by atoms with Crippen molar-refractivity contribution in [3.05, 3.63) is 0 Å². The second kappa shape index (κ2) is 7.28. The van der Waals surface area contributed by atoms with Gasteiger partial charge < -0.3 is 11.1 Å². The molecule has 0 aliphatic carbocycles. The summed E-state index contributed by atoms with van der Waals surface area (Å²) in [6, 6.07) is -0.484. The van der Waals surface area contributed by atoms with E-state index in [1.807, 2.05) is 4.90 Å². The first-order chi connectivity index (χ1) is 6.60. The number of hydrogen-bond donors (Lipinski definition) is 3. The summed E-state index contributed by atoms with van der Waals surface area (Å²) < 4.78 is 0. The highest BCUT2D eigenvalue weighted by Gasteiger charge is 2.08. The van der Waals surface area contributed by atoms with Crippen LogP contribution in [0.15, 0.2) is 0 Å². The maximum atomic E-state index is 11.1. The molecule has 0 aliphatic rings. The minimum Gasteiger partial charge on any atom is -0.341 e. The molecule has 0 aliphatic heterocycles. The number of nitrogens with two attached hydrogens (primary N) is 1. The van der Waals surface area contributed by atoms with Crippen LogP contribution < -0.4 is 16.4 Å². The number of rotatable bonds is 5. The van der Waals surface area contributed by atoms with E-state index in [0.717, 1.165) is 13.0 Å². The fraction of sp³-hybridized carbons (Fsp3) is 0.750. The molecule has 0 saturated heterocycles. The molecule has 0 spiro atoms. The van der Waals surface area contributed by atoms with E-state index in [9.17, 15) is 9.59 Å². The number of amides is 3. The van der Waals surface area contributed by atoms with E-state index in [2.05, 4.69) is 10.6 Å². The van der Waals surface area contributed by atoms with E-state index in [-0.39, 0.29) is 12.5 Å². The summed E-state index contributed by atoms with van der Waals surface area (Å²) >= 11 is 0. The van der Waals surface area contributed by atoms with Crippen LogP contribution in [0.2, 0.25) is 0 Å². The Balaban J connectivity index is 3.65. The molecule has 0 saturated carbocycles. The molecule has 0 bridgehead atoms. The zero-order valence-electron chi connectivity index (χ0n) is 8.67. The average Bonchev–Trinajstić information content (AvgIpc) is 2.14. The number of carbonyl (C=O) groups excluding carboxylic acids is 2. The maximum absolute atomic E-state index is 11.1. The van der Waals surface area contributed by atoms with E-state index < -0.39 is 6.03 Å². The van der Waals surface area contributed by atoms with Crippen molar-refractivity contribution in [3.63, 3.8) is 0 Å². The highest BCUT2D eigenvalue weighted by molar-refractivity contribution is 5.95. The molecule has 82 valence electrons. The third-order valence-electron chi connectivity index (χ3n) is 1.64. The molecule has 0 rings (SSSR count). The van der Waals surface area contributed by atoms with Crippen molar-refractivity contribution in [2.75, 3.05) is 33.7 Å². The van der Waals surface area contributed by atoms with Crippen molar-refractivity contribution >= 4 is 11.9 Å². The Morgan fingerprint density at radius 2 is 2.07 bits per heavy atom. The van der Waals surface area contributed by atoms with Crippen LogP contribution in [0.3, 0.4) is 0 Å². The van der Waals surface area contributed by atoms with Crippen molar-refractivity contribution in [1.29, 1.82) is 0 Å². The Hall–Kier alpha value is -1.14. The number of nitrogens with one attached hydrogen (secondary N) is 2. The Kier molecular flexibility index (Phi) is 6.69. The third-order valence-corrected chi connectivity index (χ3v) is 1.64. The molecule has 3 amide bonds. The number of imide groups is 1. The number of urea groups is 1. The number of nitrogens with zero attached hydrogens (tertiary/aromatic N) is 1. The number of carbonyl (C=O) groups is 2. The SMILES string of the molecule is CNC(=O)NC(=O)CN(C)CCCN. The first-order valence-electron chi connectivity index (χ1n) is 4.50. The van der Waals surface area contributed by atoms with Crippen LogP contribution in [0.5, 0.6) is 0 Å². The largest absolute Gasteiger partial charge is 0.341 e. The second-order valence-corrected chi connectivity index (χ2v) is 3.01. The molecule has 0 unspecified atom stereocenters. The minimum absolute atomic E-state index is 0.202. The van der Waals surface area contributed by atoms with Crippen molar-refractivity contribution in [2.45, 2.75) is 6.42 Å². The summed E-state index contributed by atoms with van der Waals surface area (Å²) in [5.74, 6) is -0.316. The minimum atomic E-state index is -0.484. The van der Waals surface area contributed by atoms with E-state index >= 15 is 0 Å². The normalized spacial score (nSPS) is 10.0. The second-order valence-electron chi connectivity index (χ2n) is 3.01. The van der Waals surface area contributed by atoms with E-state index in [1.54, 1.807) is 7.05 Å². The van der Waals surface area contributed by atoms with Crippen LogP contribution >= 0.6 is 0 Å². The molecule has 14 heavy (non-hydrogen) atoms. The summed E-state index contributed by atoms with van der Waals surface area (Å²) in [7, 11) is 3.26. The van der Waals surface area contributed by atoms with E-state index in [4.69, 9.17) is 5.73 Å². The van der Waals surface area contributed by atoms with Gasteiger partial charge in [-0.1, -0.05) is 0 Å². The zero-order chi connectivity index (χ0) is 11.0. The fourth-order valence-corrected chi connectivity index (χ4v) is 0.914. The van der Waals surface area contributed by atoms with Gasteiger partial charge in [0, 0.05) is 7.05 Å². The highest BCUT2D eigenvalue weighted by atomic mass is 16.2. The Morgan fingerprint density at radius 3 is 2.57 bits per heavy atom. The number of likely N-dealkylation sites (N-methyl/N-ethyl adjacent to an activating group) is 1. The average molecular weight is 202 g/mol. The Labute approximate surface area is 83.8 Å². The smallest absolute Gasteiger partial charge is 0.321 e. The molecule has 0 fully saturated rings. The number of hydrogen-bond acceptors (Lipinski definition) is 4. The van der Waals surface area contributed by atoms with Crippen LogP contribution in [0, 0.1) is 0 Å². The van der Waals surface area contributed by atoms with Gasteiger partial charge in [-0.25, -0.2) is 4.79 Å². The summed E-state index contributed by atoms with van der Waals surface area (Å²) in [5.41, 5.74) is 5.32. The van der Waals surface area contributed by atoms with Crippen molar-refractivity contribution in [2.24, 2.45) is 5.73 Å². The Bertz CT molecular complexity index is 196. The van der Waals surface area contributed by atoms with Crippen LogP contribution in [0.1, 0.15) is 6.42 Å². The summed E-state index contributed by atoms with van der Waals surface area (Å²) in [4.78, 5) is 23.7. The Morgan fingerprint density at radius 1 is 1.43 bits per heavy atom. The molecular formula is C8H18N4O2. The van der Waals surface area contributed by atoms with Crippen LogP contribution in [0.4, 0.5) is 4.79 Å². The standard InChI is InChI=1S/C8H18N4O2/c1-10-8(14)11-7(13)6-12(2)5-3-4-9/h3-6,9H2,1-2H3,(H2,10,11,13,14). The molecule has 0 radical (unpaired) electrons. The monoisotopic (exact) mass is 202 g/mol. The van der Waals surface area contributed by atoms with Crippen LogP contribution in [0.25, 0.3) is 0 Å². The molecule has 0 heterocycles. The van der Waals surface area contributed by atoms with E-state index in [0.29, 0.717) is 6.54 Å². The summed E-state index contributed by atoms with van der Waals surface area (Å²) in [5, 5.41) is 4.48. The maximum Gasteiger partial charge on any atom is 0.321 e. The third kappa shape index (κ3) is 6.38. The van der Waals surface area contributed by atoms with Gasteiger partial charge in [0.2, 0.25) is 5.91 Å². The van der Waals surface area contributed by atoms with Gasteiger partial charge in [0.15, 0.2) is 0 Å². The molecule has 6 heteroatoms. The first-order valence-corrected chi connectivity index (χ1v) is 4.50. The lowest BCUT2D eigenvalue weighted by Crippen LogP contribution is -2.42. The highest BCUT2D eigenvalue weighted by Crippen LogP contribution is 1.85. The molecule has 0 atom stereocenters. The predicted octanol–water partition coefficient (Wildman–Crippen LogP) is -1.28. The first kappa shape index (κ1) is 12.9. The van der Waals surface area contributed by atoms with Gasteiger partial charge in [-0.3, -0.25) is 15.0 Å². The lowest BCUT2D eigenvalue weighted by molar-refractivity contribution is -0.120. The van der Waals surface area contributed by atoms with E-state index in [1.165, 1.54) is 7.05 Å². The lowest BCUT2D eigenvalue weighted by Gasteiger charge is -2.14. The summed E-state index contributed by atoms with van der Waals surface area (Å²) in [6.45, 7) is 1.55. The lowest BCUT2D eigenvalue weighted by atomic mass is 10.4. The molecule has 4 N–H and O–H groups in total. The van der Waals surface area contributed by atoms with Gasteiger partial charge in [0.05, 0.1) is 6.54 Å².